The summed E-state index contributed by atoms with van der Waals surface area (Å²) in [5.74, 6) is 0. The van der Waals surface area contributed by atoms with E-state index in [0.29, 0.717) is 5.70 Å². The molecule has 50 valence electrons. The van der Waals surface area contributed by atoms with Gasteiger partial charge in [-0.15, -0.1) is 0 Å². The zero-order valence-electron chi connectivity index (χ0n) is 5.39. The fourth-order valence-corrected chi connectivity index (χ4v) is 0.440. The van der Waals surface area contributed by atoms with E-state index in [2.05, 4.69) is 22.5 Å². The highest BCUT2D eigenvalue weighted by Crippen LogP contribution is 2.09. The average Bonchev–Trinajstić information content (AvgIpc) is 1.82. The number of nitrogens with two attached hydrogens (primary N) is 1. The van der Waals surface area contributed by atoms with Crippen LogP contribution in [0.4, 0.5) is 0 Å². The average molecular weight is 188 g/mol. The molecule has 2 heteroatoms. The summed E-state index contributed by atoms with van der Waals surface area (Å²) >= 11 is 3.23. The van der Waals surface area contributed by atoms with Crippen molar-refractivity contribution in [3.63, 3.8) is 0 Å². The highest BCUT2D eigenvalue weighted by molar-refractivity contribution is 9.12. The van der Waals surface area contributed by atoms with Crippen molar-refractivity contribution in [1.29, 1.82) is 0 Å². The van der Waals surface area contributed by atoms with Gasteiger partial charge in [-0.25, -0.2) is 0 Å². The molecular weight excluding hydrogens is 178 g/mol. The van der Waals surface area contributed by atoms with Crippen LogP contribution in [0.3, 0.4) is 0 Å². The Morgan fingerprint density at radius 1 is 1.67 bits per heavy atom. The normalized spacial score (nSPS) is 12.4. The quantitative estimate of drug-likeness (QED) is 0.661. The molecule has 2 N–H and O–H groups in total. The van der Waals surface area contributed by atoms with E-state index in [9.17, 15) is 0 Å². The summed E-state index contributed by atoms with van der Waals surface area (Å²) in [6.45, 7) is 5.48. The molecule has 0 amide bonds. The summed E-state index contributed by atoms with van der Waals surface area (Å²) in [5.41, 5.74) is 5.88. The van der Waals surface area contributed by atoms with Gasteiger partial charge in [0.05, 0.1) is 0 Å². The van der Waals surface area contributed by atoms with Crippen molar-refractivity contribution < 1.29 is 0 Å². The third-order valence-electron chi connectivity index (χ3n) is 0.742. The molecule has 0 saturated carbocycles. The fraction of sp³-hybridized carbons (Fsp3) is 0.143. The Labute approximate surface area is 64.1 Å². The van der Waals surface area contributed by atoms with Crippen LogP contribution in [0, 0.1) is 0 Å². The summed E-state index contributed by atoms with van der Waals surface area (Å²) in [6.07, 6.45) is 5.66. The first-order valence-electron chi connectivity index (χ1n) is 2.61. The van der Waals surface area contributed by atoms with E-state index in [0.717, 1.165) is 4.48 Å². The lowest BCUT2D eigenvalue weighted by Crippen LogP contribution is -1.92. The number of halogens is 1. The van der Waals surface area contributed by atoms with Gasteiger partial charge >= 0.3 is 0 Å². The highest BCUT2D eigenvalue weighted by atomic mass is 79.9. The van der Waals surface area contributed by atoms with Gasteiger partial charge in [0.25, 0.3) is 0 Å². The maximum atomic E-state index is 5.33. The molecule has 0 aliphatic rings. The monoisotopic (exact) mass is 187 g/mol. The van der Waals surface area contributed by atoms with E-state index in [4.69, 9.17) is 5.73 Å². The molecule has 0 unspecified atom stereocenters. The Balaban J connectivity index is 4.00. The Hall–Kier alpha value is -0.500. The molecule has 0 bridgehead atoms. The third-order valence-corrected chi connectivity index (χ3v) is 1.52. The van der Waals surface area contributed by atoms with Gasteiger partial charge in [-0.1, -0.05) is 18.7 Å². The molecule has 0 saturated heterocycles. The van der Waals surface area contributed by atoms with Gasteiger partial charge in [0.2, 0.25) is 0 Å². The smallest absolute Gasteiger partial charge is 0.0398 e. The van der Waals surface area contributed by atoms with Gasteiger partial charge in [-0.3, -0.25) is 0 Å². The molecule has 9 heavy (non-hydrogen) atoms. The Morgan fingerprint density at radius 3 is 2.56 bits per heavy atom. The second-order valence-electron chi connectivity index (χ2n) is 1.57. The minimum atomic E-state index is 0.549. The van der Waals surface area contributed by atoms with E-state index in [1.807, 2.05) is 25.2 Å². The van der Waals surface area contributed by atoms with Crippen LogP contribution in [0.25, 0.3) is 0 Å². The molecule has 0 aliphatic heterocycles. The van der Waals surface area contributed by atoms with Crippen molar-refractivity contribution in [3.05, 3.63) is 35.0 Å². The zero-order valence-corrected chi connectivity index (χ0v) is 6.98. The van der Waals surface area contributed by atoms with Gasteiger partial charge in [0.1, 0.15) is 0 Å². The predicted octanol–water partition coefficient (Wildman–Crippen LogP) is 2.31. The molecule has 0 rings (SSSR count). The first-order chi connectivity index (χ1) is 4.18. The van der Waals surface area contributed by atoms with Crippen LogP contribution in [0.15, 0.2) is 35.0 Å². The van der Waals surface area contributed by atoms with Crippen LogP contribution >= 0.6 is 15.9 Å². The minimum Gasteiger partial charge on any atom is -0.398 e. The predicted molar refractivity (Wildman–Crippen MR) is 45.2 cm³/mol. The second-order valence-corrected chi connectivity index (χ2v) is 2.42. The lowest BCUT2D eigenvalue weighted by Gasteiger charge is -1.91. The number of allylic oxidation sites excluding steroid dienone is 4. The van der Waals surface area contributed by atoms with Crippen LogP contribution in [-0.2, 0) is 0 Å². The molecule has 0 aromatic carbocycles. The van der Waals surface area contributed by atoms with Gasteiger partial charge in [0, 0.05) is 10.2 Å². The second kappa shape index (κ2) is 4.39. The topological polar surface area (TPSA) is 26.0 Å². The molecule has 0 aromatic rings. The van der Waals surface area contributed by atoms with Crippen molar-refractivity contribution in [2.24, 2.45) is 5.73 Å². The van der Waals surface area contributed by atoms with Crippen LogP contribution in [0.5, 0.6) is 0 Å². The van der Waals surface area contributed by atoms with Crippen molar-refractivity contribution in [2.75, 3.05) is 0 Å². The first kappa shape index (κ1) is 8.50. The summed E-state index contributed by atoms with van der Waals surface area (Å²) in [4.78, 5) is 0. The van der Waals surface area contributed by atoms with Crippen LogP contribution < -0.4 is 5.73 Å². The van der Waals surface area contributed by atoms with Crippen molar-refractivity contribution in [1.82, 2.24) is 0 Å². The third kappa shape index (κ3) is 4.03. The summed E-state index contributed by atoms with van der Waals surface area (Å²) < 4.78 is 0.834. The van der Waals surface area contributed by atoms with Crippen LogP contribution in [-0.4, -0.2) is 0 Å². The molecular formula is C7H10BrN. The molecule has 0 heterocycles. The van der Waals surface area contributed by atoms with Crippen LogP contribution in [0.1, 0.15) is 6.92 Å². The van der Waals surface area contributed by atoms with Crippen molar-refractivity contribution in [2.45, 2.75) is 6.92 Å². The molecule has 0 spiro atoms. The summed E-state index contributed by atoms with van der Waals surface area (Å²) in [6, 6.07) is 0. The fourth-order valence-electron chi connectivity index (χ4n) is 0.288. The lowest BCUT2D eigenvalue weighted by atomic mass is 10.4. The molecule has 0 radical (unpaired) electrons. The largest absolute Gasteiger partial charge is 0.398 e. The van der Waals surface area contributed by atoms with E-state index in [-0.39, 0.29) is 0 Å². The van der Waals surface area contributed by atoms with E-state index in [1.54, 1.807) is 0 Å². The molecule has 0 atom stereocenters. The van der Waals surface area contributed by atoms with Crippen molar-refractivity contribution in [3.8, 4) is 0 Å². The standard InChI is InChI=1S/C7H10BrN/c1-3-4-5-7(8)6(2)9/h3-5H,2,9H2,1H3/b4-3-,7-5+. The number of hydrogen-bond donors (Lipinski definition) is 1. The summed E-state index contributed by atoms with van der Waals surface area (Å²) in [5, 5.41) is 0. The van der Waals surface area contributed by atoms with Crippen LogP contribution in [0.2, 0.25) is 0 Å². The lowest BCUT2D eigenvalue weighted by molar-refractivity contribution is 1.44. The number of hydrogen-bond acceptors (Lipinski definition) is 1. The summed E-state index contributed by atoms with van der Waals surface area (Å²) in [7, 11) is 0. The Morgan fingerprint density at radius 2 is 2.22 bits per heavy atom. The van der Waals surface area contributed by atoms with Gasteiger partial charge in [0.15, 0.2) is 0 Å². The number of rotatable bonds is 2. The van der Waals surface area contributed by atoms with Gasteiger partial charge in [-0.2, -0.15) is 0 Å². The molecule has 0 aliphatic carbocycles. The Bertz CT molecular complexity index is 156. The highest BCUT2D eigenvalue weighted by Gasteiger charge is 1.86. The van der Waals surface area contributed by atoms with Gasteiger partial charge in [-0.05, 0) is 28.9 Å². The van der Waals surface area contributed by atoms with Crippen molar-refractivity contribution >= 4 is 15.9 Å². The molecule has 0 aromatic heterocycles. The molecule has 0 fully saturated rings. The van der Waals surface area contributed by atoms with E-state index >= 15 is 0 Å². The zero-order chi connectivity index (χ0) is 7.28. The first-order valence-corrected chi connectivity index (χ1v) is 3.41. The van der Waals surface area contributed by atoms with E-state index < -0.39 is 0 Å². The maximum absolute atomic E-state index is 5.33. The molecule has 1 nitrogen and oxygen atoms in total. The van der Waals surface area contributed by atoms with Gasteiger partial charge < -0.3 is 5.73 Å². The van der Waals surface area contributed by atoms with E-state index in [1.165, 1.54) is 0 Å². The maximum Gasteiger partial charge on any atom is 0.0398 e. The SMILES string of the molecule is C=C(N)/C(Br)=C\C=C/C. The minimum absolute atomic E-state index is 0.549. The Kier molecular flexibility index (Phi) is 4.14.